The molecule has 0 bridgehead atoms. The number of hydrogen-bond acceptors (Lipinski definition) is 3. The lowest BCUT2D eigenvalue weighted by Crippen LogP contribution is -2.45. The van der Waals surface area contributed by atoms with Gasteiger partial charge in [0.05, 0.1) is 0 Å². The van der Waals surface area contributed by atoms with Crippen molar-refractivity contribution in [2.24, 2.45) is 11.7 Å². The molecule has 1 saturated heterocycles. The number of amides is 1. The van der Waals surface area contributed by atoms with Gasteiger partial charge in [-0.1, -0.05) is 23.7 Å². The maximum Gasteiger partial charge on any atom is 0.222 e. The molecule has 2 unspecified atom stereocenters. The number of nitrogens with one attached hydrogen (secondary N) is 1. The number of piperidine rings is 1. The summed E-state index contributed by atoms with van der Waals surface area (Å²) in [6.45, 7) is 3.82. The van der Waals surface area contributed by atoms with Crippen LogP contribution in [0.3, 0.4) is 0 Å². The molecule has 0 aliphatic carbocycles. The van der Waals surface area contributed by atoms with E-state index in [0.29, 0.717) is 0 Å². The molecule has 0 saturated carbocycles. The van der Waals surface area contributed by atoms with Crippen LogP contribution in [0.4, 0.5) is 0 Å². The molecule has 0 radical (unpaired) electrons. The molecule has 21 heavy (non-hydrogen) atoms. The lowest BCUT2D eigenvalue weighted by Gasteiger charge is -2.39. The van der Waals surface area contributed by atoms with Gasteiger partial charge in [-0.25, -0.2) is 0 Å². The van der Waals surface area contributed by atoms with E-state index in [1.54, 1.807) is 7.05 Å². The Bertz CT molecular complexity index is 467. The first-order valence-corrected chi connectivity index (χ1v) is 7.87. The minimum absolute atomic E-state index is 0.0303. The van der Waals surface area contributed by atoms with E-state index in [9.17, 15) is 4.79 Å². The van der Waals surface area contributed by atoms with Gasteiger partial charge in [0.15, 0.2) is 0 Å². The predicted octanol–water partition coefficient (Wildman–Crippen LogP) is 2.19. The highest BCUT2D eigenvalue weighted by atomic mass is 35.5. The fourth-order valence-corrected chi connectivity index (χ4v) is 3.28. The van der Waals surface area contributed by atoms with E-state index in [1.807, 2.05) is 31.2 Å². The second kappa shape index (κ2) is 7.25. The van der Waals surface area contributed by atoms with Gasteiger partial charge in [0.2, 0.25) is 5.91 Å². The summed E-state index contributed by atoms with van der Waals surface area (Å²) in [6.07, 6.45) is 1.77. The predicted molar refractivity (Wildman–Crippen MR) is 86.2 cm³/mol. The number of benzene rings is 1. The average molecular weight is 310 g/mol. The van der Waals surface area contributed by atoms with Crippen LogP contribution in [0.5, 0.6) is 0 Å². The Balaban J connectivity index is 2.07. The summed E-state index contributed by atoms with van der Waals surface area (Å²) in [6, 6.07) is 8.10. The van der Waals surface area contributed by atoms with Crippen molar-refractivity contribution in [2.45, 2.75) is 31.8 Å². The quantitative estimate of drug-likeness (QED) is 0.896. The summed E-state index contributed by atoms with van der Waals surface area (Å²) < 4.78 is 0. The average Bonchev–Trinajstić information content (AvgIpc) is 2.49. The third-order valence-electron chi connectivity index (χ3n) is 4.25. The van der Waals surface area contributed by atoms with Gasteiger partial charge >= 0.3 is 0 Å². The SMILES string of the molecule is CNC(=O)C1CCN(C(c2ccc(Cl)cc2)C(C)N)CC1. The lowest BCUT2D eigenvalue weighted by molar-refractivity contribution is -0.126. The Kier molecular flexibility index (Phi) is 5.62. The Morgan fingerprint density at radius 2 is 1.90 bits per heavy atom. The van der Waals surface area contributed by atoms with Crippen molar-refractivity contribution >= 4 is 17.5 Å². The van der Waals surface area contributed by atoms with E-state index in [0.717, 1.165) is 31.0 Å². The minimum atomic E-state index is 0.0303. The smallest absolute Gasteiger partial charge is 0.222 e. The zero-order valence-corrected chi connectivity index (χ0v) is 13.4. The first-order valence-electron chi connectivity index (χ1n) is 7.49. The minimum Gasteiger partial charge on any atom is -0.359 e. The zero-order chi connectivity index (χ0) is 15.4. The number of carbonyl (C=O) groups excluding carboxylic acids is 1. The Morgan fingerprint density at radius 1 is 1.33 bits per heavy atom. The summed E-state index contributed by atoms with van der Waals surface area (Å²) in [7, 11) is 1.70. The molecular formula is C16H24ClN3O. The van der Waals surface area contributed by atoms with Crippen molar-refractivity contribution in [1.82, 2.24) is 10.2 Å². The molecule has 5 heteroatoms. The molecule has 1 amide bonds. The normalized spacial score (nSPS) is 20.0. The van der Waals surface area contributed by atoms with Crippen molar-refractivity contribution in [3.05, 3.63) is 34.9 Å². The van der Waals surface area contributed by atoms with Gasteiger partial charge in [0, 0.05) is 30.1 Å². The summed E-state index contributed by atoms with van der Waals surface area (Å²) in [4.78, 5) is 14.1. The number of rotatable bonds is 4. The summed E-state index contributed by atoms with van der Waals surface area (Å²) in [5.74, 6) is 0.281. The monoisotopic (exact) mass is 309 g/mol. The molecule has 1 heterocycles. The number of nitrogens with zero attached hydrogens (tertiary/aromatic N) is 1. The van der Waals surface area contributed by atoms with Crippen molar-refractivity contribution in [1.29, 1.82) is 0 Å². The van der Waals surface area contributed by atoms with E-state index in [4.69, 9.17) is 17.3 Å². The third-order valence-corrected chi connectivity index (χ3v) is 4.50. The molecule has 0 spiro atoms. The summed E-state index contributed by atoms with van der Waals surface area (Å²) in [5, 5.41) is 3.48. The highest BCUT2D eigenvalue weighted by molar-refractivity contribution is 6.30. The number of nitrogens with two attached hydrogens (primary N) is 1. The maximum absolute atomic E-state index is 11.7. The molecule has 3 N–H and O–H groups in total. The lowest BCUT2D eigenvalue weighted by atomic mass is 9.91. The third kappa shape index (κ3) is 3.96. The molecule has 0 aromatic heterocycles. The number of likely N-dealkylation sites (tertiary alicyclic amines) is 1. The van der Waals surface area contributed by atoms with Crippen LogP contribution in [0.15, 0.2) is 24.3 Å². The van der Waals surface area contributed by atoms with Crippen LogP contribution in [-0.4, -0.2) is 37.0 Å². The molecule has 1 aromatic rings. The van der Waals surface area contributed by atoms with Crippen LogP contribution >= 0.6 is 11.6 Å². The van der Waals surface area contributed by atoms with Crippen LogP contribution < -0.4 is 11.1 Å². The largest absolute Gasteiger partial charge is 0.359 e. The first-order chi connectivity index (χ1) is 10.0. The zero-order valence-electron chi connectivity index (χ0n) is 12.7. The number of halogens is 1. The molecule has 2 rings (SSSR count). The van der Waals surface area contributed by atoms with E-state index < -0.39 is 0 Å². The molecule has 116 valence electrons. The second-order valence-corrected chi connectivity index (χ2v) is 6.22. The van der Waals surface area contributed by atoms with E-state index in [-0.39, 0.29) is 23.9 Å². The first kappa shape index (κ1) is 16.3. The Morgan fingerprint density at radius 3 is 2.38 bits per heavy atom. The van der Waals surface area contributed by atoms with Crippen LogP contribution in [0.1, 0.15) is 31.4 Å². The number of carbonyl (C=O) groups is 1. The van der Waals surface area contributed by atoms with Gasteiger partial charge < -0.3 is 11.1 Å². The molecule has 1 aliphatic rings. The van der Waals surface area contributed by atoms with E-state index in [1.165, 1.54) is 5.56 Å². The fourth-order valence-electron chi connectivity index (χ4n) is 3.15. The molecule has 1 aromatic carbocycles. The van der Waals surface area contributed by atoms with Gasteiger partial charge in [-0.3, -0.25) is 9.69 Å². The van der Waals surface area contributed by atoms with Gasteiger partial charge in [-0.15, -0.1) is 0 Å². The highest BCUT2D eigenvalue weighted by Crippen LogP contribution is 2.29. The van der Waals surface area contributed by atoms with Gasteiger partial charge in [-0.2, -0.15) is 0 Å². The Labute approximate surface area is 131 Å². The van der Waals surface area contributed by atoms with Crippen LogP contribution in [0.25, 0.3) is 0 Å². The van der Waals surface area contributed by atoms with Crippen molar-refractivity contribution in [2.75, 3.05) is 20.1 Å². The van der Waals surface area contributed by atoms with Crippen molar-refractivity contribution in [3.8, 4) is 0 Å². The molecular weight excluding hydrogens is 286 g/mol. The maximum atomic E-state index is 11.7. The van der Waals surface area contributed by atoms with Gasteiger partial charge in [-0.05, 0) is 50.6 Å². The molecule has 4 nitrogen and oxygen atoms in total. The van der Waals surface area contributed by atoms with Gasteiger partial charge in [0.1, 0.15) is 0 Å². The highest BCUT2D eigenvalue weighted by Gasteiger charge is 2.30. The van der Waals surface area contributed by atoms with Crippen molar-refractivity contribution in [3.63, 3.8) is 0 Å². The van der Waals surface area contributed by atoms with Crippen LogP contribution in [0.2, 0.25) is 5.02 Å². The number of hydrogen-bond donors (Lipinski definition) is 2. The Hall–Kier alpha value is -1.10. The molecule has 1 fully saturated rings. The van der Waals surface area contributed by atoms with E-state index in [2.05, 4.69) is 10.2 Å². The molecule has 2 atom stereocenters. The van der Waals surface area contributed by atoms with E-state index >= 15 is 0 Å². The molecule has 1 aliphatic heterocycles. The summed E-state index contributed by atoms with van der Waals surface area (Å²) in [5.41, 5.74) is 7.39. The van der Waals surface area contributed by atoms with Crippen LogP contribution in [-0.2, 0) is 4.79 Å². The van der Waals surface area contributed by atoms with Gasteiger partial charge in [0.25, 0.3) is 0 Å². The van der Waals surface area contributed by atoms with Crippen LogP contribution in [0, 0.1) is 5.92 Å². The topological polar surface area (TPSA) is 58.4 Å². The summed E-state index contributed by atoms with van der Waals surface area (Å²) >= 11 is 5.96. The van der Waals surface area contributed by atoms with Crippen molar-refractivity contribution < 1.29 is 4.79 Å². The fraction of sp³-hybridized carbons (Fsp3) is 0.562. The second-order valence-electron chi connectivity index (χ2n) is 5.78. The standard InChI is InChI=1S/C16H24ClN3O/c1-11(18)15(12-3-5-14(17)6-4-12)20-9-7-13(8-10-20)16(21)19-2/h3-6,11,13,15H,7-10,18H2,1-2H3,(H,19,21).